The van der Waals surface area contributed by atoms with Gasteiger partial charge in [0.25, 0.3) is 11.8 Å². The Morgan fingerprint density at radius 3 is 2.07 bits per heavy atom. The molecule has 0 spiro atoms. The van der Waals surface area contributed by atoms with Gasteiger partial charge in [0.15, 0.2) is 12.3 Å². The highest BCUT2D eigenvalue weighted by molar-refractivity contribution is 5.98. The summed E-state index contributed by atoms with van der Waals surface area (Å²) in [6.07, 6.45) is 4.31. The van der Waals surface area contributed by atoms with Crippen LogP contribution in [0.15, 0.2) is 60.7 Å². The van der Waals surface area contributed by atoms with Crippen LogP contribution in [0, 0.1) is 12.3 Å². The maximum atomic E-state index is 12.5. The number of nitrogens with one attached hydrogen (secondary N) is 2. The molecule has 8 heteroatoms. The van der Waals surface area contributed by atoms with E-state index in [1.807, 2.05) is 0 Å². The Bertz CT molecular complexity index is 912. The van der Waals surface area contributed by atoms with Crippen molar-refractivity contribution in [1.29, 1.82) is 0 Å². The lowest BCUT2D eigenvalue weighted by Gasteiger charge is -2.29. The number of ether oxygens (including phenoxy) is 1. The highest BCUT2D eigenvalue weighted by Crippen LogP contribution is 2.12. The highest BCUT2D eigenvalue weighted by Gasteiger charge is 2.38. The molecule has 0 radical (unpaired) electrons. The molecule has 6 N–H and O–H groups in total. The summed E-state index contributed by atoms with van der Waals surface area (Å²) in [5.41, 5.74) is 11.0. The van der Waals surface area contributed by atoms with Gasteiger partial charge in [-0.25, -0.2) is 4.79 Å². The van der Waals surface area contributed by atoms with Crippen LogP contribution < -0.4 is 22.1 Å². The van der Waals surface area contributed by atoms with Crippen LogP contribution in [0.25, 0.3) is 0 Å². The molecule has 2 aromatic rings. The Morgan fingerprint density at radius 2 is 1.53 bits per heavy atom. The third-order valence-corrected chi connectivity index (χ3v) is 4.23. The summed E-state index contributed by atoms with van der Waals surface area (Å²) in [7, 11) is 0. The Hall–Kier alpha value is -3.67. The van der Waals surface area contributed by atoms with Crippen molar-refractivity contribution in [2.75, 3.05) is 6.61 Å². The third-order valence-electron chi connectivity index (χ3n) is 4.23. The average molecular weight is 408 g/mol. The van der Waals surface area contributed by atoms with Gasteiger partial charge in [0.05, 0.1) is 6.17 Å². The molecule has 0 aromatic heterocycles. The Balaban J connectivity index is 2.05. The van der Waals surface area contributed by atoms with Gasteiger partial charge in [-0.15, -0.1) is 6.42 Å². The van der Waals surface area contributed by atoms with Crippen molar-refractivity contribution >= 4 is 17.8 Å². The number of carbonyl (C=O) groups is 3. The molecule has 30 heavy (non-hydrogen) atoms. The van der Waals surface area contributed by atoms with Gasteiger partial charge in [-0.3, -0.25) is 15.3 Å². The second-order valence-electron chi connectivity index (χ2n) is 6.56. The standard InChI is InChI=1S/C22H24N4O4/c1-2-15-30-21(29)22(24,26-20(28)17-11-7-4-8-12-17)14-13-18(23)25-19(27)16-9-5-3-6-10-16/h1,3-12,18H,13-15,23-24H2,(H,25,27)(H,26,28). The van der Waals surface area contributed by atoms with Crippen LogP contribution in [0.5, 0.6) is 0 Å². The molecule has 2 aromatic carbocycles. The zero-order valence-electron chi connectivity index (χ0n) is 16.3. The zero-order valence-corrected chi connectivity index (χ0v) is 16.3. The van der Waals surface area contributed by atoms with Crippen molar-refractivity contribution in [3.8, 4) is 12.3 Å². The van der Waals surface area contributed by atoms with Gasteiger partial charge in [-0.05, 0) is 37.1 Å². The summed E-state index contributed by atoms with van der Waals surface area (Å²) >= 11 is 0. The predicted octanol–water partition coefficient (Wildman–Crippen LogP) is 0.743. The Kier molecular flexibility index (Phi) is 8.11. The molecule has 156 valence electrons. The summed E-state index contributed by atoms with van der Waals surface area (Å²) in [6.45, 7) is -0.296. The number of carbonyl (C=O) groups excluding carboxylic acids is 3. The number of terminal acetylenes is 1. The third kappa shape index (κ3) is 6.44. The molecule has 0 aliphatic carbocycles. The van der Waals surface area contributed by atoms with Crippen molar-refractivity contribution in [1.82, 2.24) is 10.6 Å². The number of amides is 2. The molecule has 0 aliphatic rings. The van der Waals surface area contributed by atoms with Gasteiger partial charge in [0.2, 0.25) is 0 Å². The highest BCUT2D eigenvalue weighted by atomic mass is 16.5. The Labute approximate surface area is 175 Å². The van der Waals surface area contributed by atoms with Crippen LogP contribution in [0.4, 0.5) is 0 Å². The molecule has 2 unspecified atom stereocenters. The Morgan fingerprint density at radius 1 is 1.00 bits per heavy atom. The van der Waals surface area contributed by atoms with Gasteiger partial charge in [0.1, 0.15) is 0 Å². The average Bonchev–Trinajstić information content (AvgIpc) is 2.77. The van der Waals surface area contributed by atoms with Crippen molar-refractivity contribution < 1.29 is 19.1 Å². The van der Waals surface area contributed by atoms with E-state index in [4.69, 9.17) is 22.6 Å². The lowest BCUT2D eigenvalue weighted by molar-refractivity contribution is -0.150. The number of nitrogens with two attached hydrogens (primary N) is 2. The van der Waals surface area contributed by atoms with Crippen molar-refractivity contribution in [3.05, 3.63) is 71.8 Å². The minimum absolute atomic E-state index is 0.0920. The van der Waals surface area contributed by atoms with E-state index in [-0.39, 0.29) is 25.4 Å². The van der Waals surface area contributed by atoms with E-state index in [0.29, 0.717) is 11.1 Å². The second kappa shape index (κ2) is 10.8. The largest absolute Gasteiger partial charge is 0.450 e. The monoisotopic (exact) mass is 408 g/mol. The SMILES string of the molecule is C#CCOC(=O)C(N)(CCC(N)NC(=O)c1ccccc1)NC(=O)c1ccccc1. The van der Waals surface area contributed by atoms with E-state index < -0.39 is 23.7 Å². The van der Waals surface area contributed by atoms with Gasteiger partial charge >= 0.3 is 5.97 Å². The number of hydrogen-bond acceptors (Lipinski definition) is 6. The van der Waals surface area contributed by atoms with E-state index >= 15 is 0 Å². The first-order valence-electron chi connectivity index (χ1n) is 9.24. The smallest absolute Gasteiger partial charge is 0.347 e. The normalized spacial score (nSPS) is 13.2. The van der Waals surface area contributed by atoms with Gasteiger partial charge in [0, 0.05) is 11.1 Å². The summed E-state index contributed by atoms with van der Waals surface area (Å²) in [5, 5.41) is 5.11. The fourth-order valence-corrected chi connectivity index (χ4v) is 2.61. The molecule has 2 atom stereocenters. The lowest BCUT2D eigenvalue weighted by atomic mass is 10.0. The van der Waals surface area contributed by atoms with Crippen LogP contribution in [0.1, 0.15) is 33.6 Å². The molecule has 0 aliphatic heterocycles. The molecule has 0 bridgehead atoms. The van der Waals surface area contributed by atoms with E-state index in [1.54, 1.807) is 60.7 Å². The summed E-state index contributed by atoms with van der Waals surface area (Å²) < 4.78 is 4.93. The number of rotatable bonds is 9. The minimum atomic E-state index is -1.88. The van der Waals surface area contributed by atoms with E-state index in [1.165, 1.54) is 0 Å². The summed E-state index contributed by atoms with van der Waals surface area (Å²) in [4.78, 5) is 37.2. The van der Waals surface area contributed by atoms with Gasteiger partial charge < -0.3 is 21.1 Å². The van der Waals surface area contributed by atoms with Crippen LogP contribution in [0.2, 0.25) is 0 Å². The lowest BCUT2D eigenvalue weighted by Crippen LogP contribution is -2.63. The first kappa shape index (κ1) is 22.6. The molecule has 2 rings (SSSR count). The van der Waals surface area contributed by atoms with Crippen molar-refractivity contribution in [2.24, 2.45) is 11.5 Å². The zero-order chi connectivity index (χ0) is 22.0. The van der Waals surface area contributed by atoms with E-state index in [2.05, 4.69) is 16.6 Å². The van der Waals surface area contributed by atoms with E-state index in [9.17, 15) is 14.4 Å². The van der Waals surface area contributed by atoms with Crippen molar-refractivity contribution in [2.45, 2.75) is 24.7 Å². The first-order chi connectivity index (χ1) is 14.4. The molecule has 2 amide bonds. The summed E-state index contributed by atoms with van der Waals surface area (Å²) in [5.74, 6) is 0.350. The quantitative estimate of drug-likeness (QED) is 0.274. The molecule has 0 fully saturated rings. The van der Waals surface area contributed by atoms with Crippen LogP contribution in [0.3, 0.4) is 0 Å². The number of hydrogen-bond donors (Lipinski definition) is 4. The molecule has 0 saturated heterocycles. The maximum absolute atomic E-state index is 12.5. The molecular formula is C22H24N4O4. The molecule has 0 saturated carbocycles. The van der Waals surface area contributed by atoms with Crippen LogP contribution in [-0.2, 0) is 9.53 Å². The number of esters is 1. The first-order valence-corrected chi connectivity index (χ1v) is 9.24. The van der Waals surface area contributed by atoms with Crippen LogP contribution in [-0.4, -0.2) is 36.2 Å². The van der Waals surface area contributed by atoms with Crippen LogP contribution >= 0.6 is 0 Å². The van der Waals surface area contributed by atoms with Gasteiger partial charge in [-0.1, -0.05) is 42.3 Å². The topological polar surface area (TPSA) is 137 Å². The predicted molar refractivity (Wildman–Crippen MR) is 112 cm³/mol. The molecule has 0 heterocycles. The van der Waals surface area contributed by atoms with Crippen molar-refractivity contribution in [3.63, 3.8) is 0 Å². The minimum Gasteiger partial charge on any atom is -0.450 e. The molecular weight excluding hydrogens is 384 g/mol. The molecule has 8 nitrogen and oxygen atoms in total. The fraction of sp³-hybridized carbons (Fsp3) is 0.227. The maximum Gasteiger partial charge on any atom is 0.347 e. The fourth-order valence-electron chi connectivity index (χ4n) is 2.61. The summed E-state index contributed by atoms with van der Waals surface area (Å²) in [6, 6.07) is 16.8. The van der Waals surface area contributed by atoms with E-state index in [0.717, 1.165) is 0 Å². The number of benzene rings is 2. The van der Waals surface area contributed by atoms with Gasteiger partial charge in [-0.2, -0.15) is 0 Å². The second-order valence-corrected chi connectivity index (χ2v) is 6.56.